The van der Waals surface area contributed by atoms with Gasteiger partial charge in [0.05, 0.1) is 6.10 Å². The van der Waals surface area contributed by atoms with E-state index in [1.54, 1.807) is 0 Å². The Kier molecular flexibility index (Phi) is 17.0. The second-order valence-electron chi connectivity index (χ2n) is 7.23. The predicted molar refractivity (Wildman–Crippen MR) is 103 cm³/mol. The fourth-order valence-electron chi connectivity index (χ4n) is 2.98. The van der Waals surface area contributed by atoms with Crippen LogP contribution in [0.2, 0.25) is 0 Å². The zero-order valence-electron chi connectivity index (χ0n) is 16.6. The number of carbonyl (C=O) groups excluding carboxylic acids is 1. The first kappa shape index (κ1) is 23.9. The molecule has 148 valence electrons. The Hall–Kier alpha value is -1.06. The minimum absolute atomic E-state index is 0.0226. The Balaban J connectivity index is 3.33. The standard InChI is InChI=1S/C21H40O4/c1-3-4-5-6-7-8-9-10-11-12-13-16-19(2)25-21(24)18-15-14-17-20(22)23/h19H,3-18H2,1-2H3,(H,22,23). The molecule has 0 aliphatic carbocycles. The number of carboxylic acids is 1. The summed E-state index contributed by atoms with van der Waals surface area (Å²) in [5.74, 6) is -1.00. The molecule has 0 saturated carbocycles. The van der Waals surface area contributed by atoms with Crippen molar-refractivity contribution >= 4 is 11.9 Å². The topological polar surface area (TPSA) is 63.6 Å². The van der Waals surface area contributed by atoms with Crippen molar-refractivity contribution in [2.75, 3.05) is 0 Å². The molecule has 0 radical (unpaired) electrons. The molecule has 4 heteroatoms. The number of hydrogen-bond acceptors (Lipinski definition) is 3. The summed E-state index contributed by atoms with van der Waals surface area (Å²) in [5.41, 5.74) is 0. The van der Waals surface area contributed by atoms with Crippen molar-refractivity contribution in [2.24, 2.45) is 0 Å². The van der Waals surface area contributed by atoms with Gasteiger partial charge in [0.15, 0.2) is 0 Å². The number of unbranched alkanes of at least 4 members (excludes halogenated alkanes) is 11. The average Bonchev–Trinajstić information content (AvgIpc) is 2.56. The molecule has 0 amide bonds. The van der Waals surface area contributed by atoms with E-state index in [2.05, 4.69) is 6.92 Å². The van der Waals surface area contributed by atoms with Gasteiger partial charge in [-0.05, 0) is 32.6 Å². The van der Waals surface area contributed by atoms with E-state index in [9.17, 15) is 9.59 Å². The third kappa shape index (κ3) is 19.1. The van der Waals surface area contributed by atoms with Crippen LogP contribution in [-0.2, 0) is 14.3 Å². The fraction of sp³-hybridized carbons (Fsp3) is 0.905. The van der Waals surface area contributed by atoms with Crippen LogP contribution in [0.4, 0.5) is 0 Å². The third-order valence-electron chi connectivity index (χ3n) is 4.57. The molecular formula is C21H40O4. The zero-order chi connectivity index (χ0) is 18.8. The van der Waals surface area contributed by atoms with E-state index < -0.39 is 5.97 Å². The highest BCUT2D eigenvalue weighted by molar-refractivity contribution is 5.70. The monoisotopic (exact) mass is 356 g/mol. The van der Waals surface area contributed by atoms with Crippen LogP contribution >= 0.6 is 0 Å². The molecule has 0 aromatic rings. The molecule has 0 saturated heterocycles. The highest BCUT2D eigenvalue weighted by Crippen LogP contribution is 2.13. The molecule has 0 aliphatic rings. The molecule has 0 aliphatic heterocycles. The van der Waals surface area contributed by atoms with Gasteiger partial charge in [0.1, 0.15) is 0 Å². The number of carbonyl (C=O) groups is 2. The number of rotatable bonds is 18. The molecule has 0 aromatic heterocycles. The maximum absolute atomic E-state index is 11.6. The van der Waals surface area contributed by atoms with Crippen LogP contribution in [0.5, 0.6) is 0 Å². The number of aliphatic carboxylic acids is 1. The summed E-state index contributed by atoms with van der Waals surface area (Å²) < 4.78 is 5.36. The Morgan fingerprint density at radius 2 is 1.24 bits per heavy atom. The Morgan fingerprint density at radius 3 is 1.76 bits per heavy atom. The van der Waals surface area contributed by atoms with Crippen LogP contribution < -0.4 is 0 Å². The van der Waals surface area contributed by atoms with E-state index in [1.165, 1.54) is 64.2 Å². The normalized spacial score (nSPS) is 12.1. The van der Waals surface area contributed by atoms with Gasteiger partial charge in [0, 0.05) is 12.8 Å². The maximum Gasteiger partial charge on any atom is 0.306 e. The molecule has 0 fully saturated rings. The lowest BCUT2D eigenvalue weighted by Gasteiger charge is -2.13. The lowest BCUT2D eigenvalue weighted by atomic mass is 10.0. The van der Waals surface area contributed by atoms with Gasteiger partial charge in [0.25, 0.3) is 0 Å². The van der Waals surface area contributed by atoms with Crippen LogP contribution in [-0.4, -0.2) is 23.1 Å². The molecule has 4 nitrogen and oxygen atoms in total. The van der Waals surface area contributed by atoms with Gasteiger partial charge < -0.3 is 9.84 Å². The lowest BCUT2D eigenvalue weighted by Crippen LogP contribution is -2.14. The fourth-order valence-corrected chi connectivity index (χ4v) is 2.98. The SMILES string of the molecule is CCCCCCCCCCCCCC(C)OC(=O)CCCCC(=O)O. The molecular weight excluding hydrogens is 316 g/mol. The van der Waals surface area contributed by atoms with Gasteiger partial charge in [-0.25, -0.2) is 0 Å². The number of carboxylic acid groups (broad SMARTS) is 1. The highest BCUT2D eigenvalue weighted by atomic mass is 16.5. The van der Waals surface area contributed by atoms with Gasteiger partial charge in [-0.3, -0.25) is 9.59 Å². The number of ether oxygens (including phenoxy) is 1. The van der Waals surface area contributed by atoms with E-state index >= 15 is 0 Å². The van der Waals surface area contributed by atoms with Gasteiger partial charge >= 0.3 is 11.9 Å². The minimum atomic E-state index is -0.807. The van der Waals surface area contributed by atoms with E-state index in [0.29, 0.717) is 19.3 Å². The second kappa shape index (κ2) is 17.8. The van der Waals surface area contributed by atoms with E-state index in [4.69, 9.17) is 9.84 Å². The average molecular weight is 357 g/mol. The highest BCUT2D eigenvalue weighted by Gasteiger charge is 2.09. The first-order valence-corrected chi connectivity index (χ1v) is 10.5. The van der Waals surface area contributed by atoms with Crippen molar-refractivity contribution in [1.82, 2.24) is 0 Å². The summed E-state index contributed by atoms with van der Waals surface area (Å²) in [5, 5.41) is 8.54. The first-order chi connectivity index (χ1) is 12.1. The van der Waals surface area contributed by atoms with Gasteiger partial charge in [-0.1, -0.05) is 71.1 Å². The quantitative estimate of drug-likeness (QED) is 0.232. The van der Waals surface area contributed by atoms with Crippen molar-refractivity contribution in [3.63, 3.8) is 0 Å². The molecule has 1 unspecified atom stereocenters. The first-order valence-electron chi connectivity index (χ1n) is 10.5. The molecule has 0 spiro atoms. The molecule has 0 rings (SSSR count). The van der Waals surface area contributed by atoms with Crippen molar-refractivity contribution in [1.29, 1.82) is 0 Å². The van der Waals surface area contributed by atoms with Crippen molar-refractivity contribution in [3.05, 3.63) is 0 Å². The van der Waals surface area contributed by atoms with Crippen LogP contribution in [0.1, 0.15) is 117 Å². The molecule has 0 bridgehead atoms. The minimum Gasteiger partial charge on any atom is -0.481 e. The van der Waals surface area contributed by atoms with E-state index in [-0.39, 0.29) is 18.5 Å². The summed E-state index contributed by atoms with van der Waals surface area (Å²) in [7, 11) is 0. The second-order valence-corrected chi connectivity index (χ2v) is 7.23. The summed E-state index contributed by atoms with van der Waals surface area (Å²) >= 11 is 0. The Bertz CT molecular complexity index is 328. The predicted octanol–water partition coefficient (Wildman–Crippen LogP) is 6.26. The van der Waals surface area contributed by atoms with Crippen LogP contribution in [0.25, 0.3) is 0 Å². The summed E-state index contributed by atoms with van der Waals surface area (Å²) in [4.78, 5) is 22.0. The summed E-state index contributed by atoms with van der Waals surface area (Å²) in [6.45, 7) is 4.20. The number of esters is 1. The Morgan fingerprint density at radius 1 is 0.760 bits per heavy atom. The van der Waals surface area contributed by atoms with Crippen LogP contribution in [0, 0.1) is 0 Å². The largest absolute Gasteiger partial charge is 0.481 e. The van der Waals surface area contributed by atoms with E-state index in [0.717, 1.165) is 12.8 Å². The zero-order valence-corrected chi connectivity index (χ0v) is 16.6. The van der Waals surface area contributed by atoms with Gasteiger partial charge in [-0.15, -0.1) is 0 Å². The van der Waals surface area contributed by atoms with Crippen molar-refractivity contribution in [3.8, 4) is 0 Å². The molecule has 0 heterocycles. The Labute approximate surface area is 154 Å². The van der Waals surface area contributed by atoms with E-state index in [1.807, 2.05) is 6.92 Å². The lowest BCUT2D eigenvalue weighted by molar-refractivity contribution is -0.149. The molecule has 0 aromatic carbocycles. The number of hydrogen-bond donors (Lipinski definition) is 1. The summed E-state index contributed by atoms with van der Waals surface area (Å²) in [6, 6.07) is 0. The molecule has 25 heavy (non-hydrogen) atoms. The third-order valence-corrected chi connectivity index (χ3v) is 4.57. The maximum atomic E-state index is 11.6. The van der Waals surface area contributed by atoms with Crippen LogP contribution in [0.15, 0.2) is 0 Å². The van der Waals surface area contributed by atoms with Gasteiger partial charge in [0.2, 0.25) is 0 Å². The molecule has 1 atom stereocenters. The van der Waals surface area contributed by atoms with Crippen LogP contribution in [0.3, 0.4) is 0 Å². The van der Waals surface area contributed by atoms with Crippen molar-refractivity contribution < 1.29 is 19.4 Å². The molecule has 1 N–H and O–H groups in total. The smallest absolute Gasteiger partial charge is 0.306 e. The van der Waals surface area contributed by atoms with Gasteiger partial charge in [-0.2, -0.15) is 0 Å². The summed E-state index contributed by atoms with van der Waals surface area (Å²) in [6.07, 6.45) is 17.0. The van der Waals surface area contributed by atoms with Crippen molar-refractivity contribution in [2.45, 2.75) is 123 Å².